The lowest BCUT2D eigenvalue weighted by Crippen LogP contribution is -2.40. The van der Waals surface area contributed by atoms with Crippen molar-refractivity contribution in [3.63, 3.8) is 0 Å². The first-order valence-electron chi connectivity index (χ1n) is 16.5. The molecular formula is C41H37ClN2O7. The van der Waals surface area contributed by atoms with Crippen LogP contribution in [0.25, 0.3) is 11.1 Å². The van der Waals surface area contributed by atoms with Crippen molar-refractivity contribution < 1.29 is 33.6 Å². The lowest BCUT2D eigenvalue weighted by atomic mass is 9.96. The van der Waals surface area contributed by atoms with Gasteiger partial charge < -0.3 is 28.8 Å². The van der Waals surface area contributed by atoms with Gasteiger partial charge in [-0.25, -0.2) is 0 Å². The zero-order valence-corrected chi connectivity index (χ0v) is 28.8. The lowest BCUT2D eigenvalue weighted by Gasteiger charge is -2.20. The maximum Gasteiger partial charge on any atom is 0.323 e. The van der Waals surface area contributed by atoms with Crippen LogP contribution in [-0.2, 0) is 35.9 Å². The molecule has 0 radical (unpaired) electrons. The number of nitrogens with zero attached hydrogens (tertiary/aromatic N) is 1. The number of hydrogen-bond acceptors (Lipinski definition) is 8. The number of ether oxygens (including phenoxy) is 5. The highest BCUT2D eigenvalue weighted by atomic mass is 35.5. The predicted octanol–water partition coefficient (Wildman–Crippen LogP) is 7.88. The van der Waals surface area contributed by atoms with Gasteiger partial charge in [0.1, 0.15) is 44.0 Å². The van der Waals surface area contributed by atoms with Crippen molar-refractivity contribution in [3.05, 3.63) is 142 Å². The van der Waals surface area contributed by atoms with E-state index in [1.54, 1.807) is 30.3 Å². The number of nitrogens with one attached hydrogen (secondary N) is 1. The van der Waals surface area contributed by atoms with Gasteiger partial charge >= 0.3 is 5.97 Å². The Balaban J connectivity index is 1.19. The first-order valence-corrected chi connectivity index (χ1v) is 16.9. The second kappa shape index (κ2) is 16.9. The molecule has 0 spiro atoms. The molecule has 1 atom stereocenters. The van der Waals surface area contributed by atoms with E-state index < -0.39 is 12.0 Å². The molecule has 1 unspecified atom stereocenters. The molecule has 1 heterocycles. The molecule has 6 rings (SSSR count). The first-order chi connectivity index (χ1) is 24.9. The molecule has 0 aliphatic carbocycles. The van der Waals surface area contributed by atoms with Gasteiger partial charge in [0, 0.05) is 18.2 Å². The number of aliphatic carboxylic acids is 1. The minimum atomic E-state index is -1.04. The van der Waals surface area contributed by atoms with Crippen LogP contribution in [0.3, 0.4) is 0 Å². The van der Waals surface area contributed by atoms with E-state index in [0.29, 0.717) is 47.5 Å². The topological polar surface area (TPSA) is 119 Å². The van der Waals surface area contributed by atoms with Crippen molar-refractivity contribution in [2.45, 2.75) is 39.3 Å². The minimum absolute atomic E-state index is 0.0407. The van der Waals surface area contributed by atoms with Gasteiger partial charge in [-0.1, -0.05) is 78.3 Å². The summed E-state index contributed by atoms with van der Waals surface area (Å²) in [5, 5.41) is 22.7. The van der Waals surface area contributed by atoms with E-state index in [2.05, 4.69) is 17.5 Å². The number of carbonyl (C=O) groups is 1. The van der Waals surface area contributed by atoms with Crippen LogP contribution in [0.1, 0.15) is 33.4 Å². The van der Waals surface area contributed by atoms with Gasteiger partial charge in [-0.2, -0.15) is 5.26 Å². The van der Waals surface area contributed by atoms with E-state index in [1.165, 1.54) is 0 Å². The van der Waals surface area contributed by atoms with Crippen LogP contribution in [0, 0.1) is 18.3 Å². The third kappa shape index (κ3) is 9.18. The fraction of sp³-hybridized carbons (Fsp3) is 0.220. The Morgan fingerprint density at radius 1 is 0.843 bits per heavy atom. The molecule has 1 aliphatic heterocycles. The maximum absolute atomic E-state index is 12.1. The number of rotatable bonds is 15. The summed E-state index contributed by atoms with van der Waals surface area (Å²) in [5.74, 6) is 1.29. The average molecular weight is 705 g/mol. The van der Waals surface area contributed by atoms with Gasteiger partial charge in [0.15, 0.2) is 11.5 Å². The number of benzene rings is 5. The monoisotopic (exact) mass is 704 g/mol. The van der Waals surface area contributed by atoms with Crippen LogP contribution in [0.4, 0.5) is 0 Å². The van der Waals surface area contributed by atoms with E-state index in [-0.39, 0.29) is 26.4 Å². The number of carboxylic acid groups (broad SMARTS) is 1. The van der Waals surface area contributed by atoms with Gasteiger partial charge in [0.05, 0.1) is 29.9 Å². The summed E-state index contributed by atoms with van der Waals surface area (Å²) < 4.78 is 29.8. The third-order valence-electron chi connectivity index (χ3n) is 8.48. The van der Waals surface area contributed by atoms with Crippen LogP contribution in [0.5, 0.6) is 23.0 Å². The molecule has 0 saturated carbocycles. The normalized spacial score (nSPS) is 12.5. The fourth-order valence-corrected chi connectivity index (χ4v) is 5.93. The Labute approximate surface area is 301 Å². The molecule has 0 amide bonds. The standard InChI is InChI=1S/C41H37ClN2O7/c1-27-32(11-6-12-34(27)31-13-14-37-40(19-31)49-16-15-48-37)25-51-39-20-38(50-24-30-10-5-9-29(17-30)21-43)33(18-35(39)42)22-44-36(41(45)46)26-47-23-28-7-3-2-4-8-28/h2-14,17-20,36,44H,15-16,22-26H2,1H3,(H,45,46). The van der Waals surface area contributed by atoms with E-state index in [0.717, 1.165) is 44.9 Å². The molecule has 0 saturated heterocycles. The minimum Gasteiger partial charge on any atom is -0.488 e. The summed E-state index contributed by atoms with van der Waals surface area (Å²) in [6.07, 6.45) is 0. The molecule has 0 aromatic heterocycles. The van der Waals surface area contributed by atoms with E-state index in [1.807, 2.05) is 73.7 Å². The highest BCUT2D eigenvalue weighted by Crippen LogP contribution is 2.37. The number of halogens is 1. The molecule has 51 heavy (non-hydrogen) atoms. The molecule has 2 N–H and O–H groups in total. The van der Waals surface area contributed by atoms with Crippen LogP contribution in [-0.4, -0.2) is 36.9 Å². The fourth-order valence-electron chi connectivity index (χ4n) is 5.69. The lowest BCUT2D eigenvalue weighted by molar-refractivity contribution is -0.141. The smallest absolute Gasteiger partial charge is 0.323 e. The average Bonchev–Trinajstić information content (AvgIpc) is 3.16. The van der Waals surface area contributed by atoms with Crippen molar-refractivity contribution in [1.82, 2.24) is 5.32 Å². The Kier molecular flexibility index (Phi) is 11.7. The molecule has 0 bridgehead atoms. The third-order valence-corrected chi connectivity index (χ3v) is 8.78. The van der Waals surface area contributed by atoms with Gasteiger partial charge in [0.25, 0.3) is 0 Å². The Morgan fingerprint density at radius 3 is 2.41 bits per heavy atom. The molecule has 5 aromatic carbocycles. The largest absolute Gasteiger partial charge is 0.488 e. The maximum atomic E-state index is 12.1. The van der Waals surface area contributed by atoms with E-state index in [4.69, 9.17) is 35.3 Å². The molecule has 9 nitrogen and oxygen atoms in total. The van der Waals surface area contributed by atoms with E-state index >= 15 is 0 Å². The SMILES string of the molecule is Cc1c(COc2cc(OCc3cccc(C#N)c3)c(CNC(COCc3ccccc3)C(=O)O)cc2Cl)cccc1-c1ccc2c(c1)OCCO2. The summed E-state index contributed by atoms with van der Waals surface area (Å²) >= 11 is 6.78. The number of fused-ring (bicyclic) bond motifs is 1. The molecular weight excluding hydrogens is 668 g/mol. The van der Waals surface area contributed by atoms with Gasteiger partial charge in [-0.3, -0.25) is 10.1 Å². The first kappa shape index (κ1) is 35.3. The summed E-state index contributed by atoms with van der Waals surface area (Å²) in [5.41, 5.74) is 6.98. The van der Waals surface area contributed by atoms with Crippen LogP contribution < -0.4 is 24.3 Å². The summed E-state index contributed by atoms with van der Waals surface area (Å²) in [7, 11) is 0. The summed E-state index contributed by atoms with van der Waals surface area (Å²) in [6.45, 7) is 3.89. The molecule has 0 fully saturated rings. The summed E-state index contributed by atoms with van der Waals surface area (Å²) in [4.78, 5) is 12.1. The van der Waals surface area contributed by atoms with Crippen LogP contribution in [0.2, 0.25) is 5.02 Å². The second-order valence-corrected chi connectivity index (χ2v) is 12.4. The highest BCUT2D eigenvalue weighted by Gasteiger charge is 2.20. The van der Waals surface area contributed by atoms with Crippen LogP contribution >= 0.6 is 11.6 Å². The second-order valence-electron chi connectivity index (χ2n) is 12.0. The molecule has 5 aromatic rings. The zero-order valence-electron chi connectivity index (χ0n) is 28.1. The Morgan fingerprint density at radius 2 is 1.61 bits per heavy atom. The highest BCUT2D eigenvalue weighted by molar-refractivity contribution is 6.32. The van der Waals surface area contributed by atoms with E-state index in [9.17, 15) is 15.2 Å². The van der Waals surface area contributed by atoms with Crippen molar-refractivity contribution in [2.24, 2.45) is 0 Å². The number of hydrogen-bond donors (Lipinski definition) is 2. The van der Waals surface area contributed by atoms with Gasteiger partial charge in [-0.05, 0) is 70.6 Å². The molecule has 260 valence electrons. The number of carboxylic acids is 1. The van der Waals surface area contributed by atoms with Crippen molar-refractivity contribution in [3.8, 4) is 40.2 Å². The summed E-state index contributed by atoms with van der Waals surface area (Å²) in [6, 6.07) is 33.3. The molecule has 10 heteroatoms. The van der Waals surface area contributed by atoms with Crippen molar-refractivity contribution in [1.29, 1.82) is 5.26 Å². The zero-order chi connectivity index (χ0) is 35.6. The van der Waals surface area contributed by atoms with Crippen molar-refractivity contribution >= 4 is 17.6 Å². The van der Waals surface area contributed by atoms with Gasteiger partial charge in [0.2, 0.25) is 0 Å². The molecule has 1 aliphatic rings. The Bertz CT molecular complexity index is 2030. The predicted molar refractivity (Wildman–Crippen MR) is 193 cm³/mol. The quantitative estimate of drug-likeness (QED) is 0.112. The Hall–Kier alpha value is -5.53. The van der Waals surface area contributed by atoms with Gasteiger partial charge in [-0.15, -0.1) is 0 Å². The van der Waals surface area contributed by atoms with Crippen molar-refractivity contribution in [2.75, 3.05) is 19.8 Å². The van der Waals surface area contributed by atoms with Crippen LogP contribution in [0.15, 0.2) is 103 Å². The number of nitriles is 1.